The number of methoxy groups -OCH3 is 2. The molecule has 31 heavy (non-hydrogen) atoms. The number of anilines is 1. The van der Waals surface area contributed by atoms with Gasteiger partial charge in [0.05, 0.1) is 14.2 Å². The third-order valence-electron chi connectivity index (χ3n) is 4.59. The summed E-state index contributed by atoms with van der Waals surface area (Å²) in [5.41, 5.74) is 8.49. The first-order valence-corrected chi connectivity index (χ1v) is 9.04. The van der Waals surface area contributed by atoms with Crippen LogP contribution in [0.25, 0.3) is 11.1 Å². The maximum absolute atomic E-state index is 12.2. The smallest absolute Gasteiger partial charge is 0.330 e. The third kappa shape index (κ3) is 5.23. The van der Waals surface area contributed by atoms with Crippen molar-refractivity contribution in [1.29, 1.82) is 5.41 Å². The highest BCUT2D eigenvalue weighted by Gasteiger charge is 2.26. The summed E-state index contributed by atoms with van der Waals surface area (Å²) < 4.78 is 10.8. The van der Waals surface area contributed by atoms with Crippen molar-refractivity contribution in [3.05, 3.63) is 72.1 Å². The molecule has 0 spiro atoms. The standard InChI is InChI=1S/C22H22N4O4.ClH/c1-29-18-10-16(14-4-3-9-25-12-14)17(11-19(18)30-2)20(22(27)28)26-15-7-5-13(6-8-15)21(23)24;/h3-12,20,26H,1-2H3,(H3,23,24)(H,27,28);1H. The van der Waals surface area contributed by atoms with E-state index in [1.807, 2.05) is 6.07 Å². The highest BCUT2D eigenvalue weighted by atomic mass is 35.5. The number of aliphatic carboxylic acids is 1. The Bertz CT molecular complexity index is 1060. The molecule has 0 saturated carbocycles. The summed E-state index contributed by atoms with van der Waals surface area (Å²) in [6.07, 6.45) is 3.30. The van der Waals surface area contributed by atoms with Gasteiger partial charge in [-0.15, -0.1) is 12.4 Å². The fourth-order valence-electron chi connectivity index (χ4n) is 3.09. The van der Waals surface area contributed by atoms with Crippen molar-refractivity contribution in [2.45, 2.75) is 6.04 Å². The highest BCUT2D eigenvalue weighted by Crippen LogP contribution is 2.39. The van der Waals surface area contributed by atoms with E-state index in [1.54, 1.807) is 54.9 Å². The number of hydrogen-bond donors (Lipinski definition) is 4. The molecule has 0 aliphatic rings. The largest absolute Gasteiger partial charge is 0.493 e. The molecular weight excluding hydrogens is 420 g/mol. The SMILES string of the molecule is COc1cc(-c2cccnc2)c(C(Nc2ccc(C(=N)N)cc2)C(=O)O)cc1OC.Cl. The Kier molecular flexibility index (Phi) is 7.81. The molecule has 3 rings (SSSR count). The van der Waals surface area contributed by atoms with Crippen molar-refractivity contribution < 1.29 is 19.4 Å². The Morgan fingerprint density at radius 1 is 1.13 bits per heavy atom. The van der Waals surface area contributed by atoms with Gasteiger partial charge in [0.15, 0.2) is 17.5 Å². The molecular formula is C22H23ClN4O4. The number of aromatic nitrogens is 1. The highest BCUT2D eigenvalue weighted by molar-refractivity contribution is 5.95. The summed E-state index contributed by atoms with van der Waals surface area (Å²) in [4.78, 5) is 16.4. The van der Waals surface area contributed by atoms with E-state index in [2.05, 4.69) is 10.3 Å². The summed E-state index contributed by atoms with van der Waals surface area (Å²) >= 11 is 0. The topological polar surface area (TPSA) is 131 Å². The van der Waals surface area contributed by atoms with Gasteiger partial charge in [-0.3, -0.25) is 10.4 Å². The number of nitrogens with zero attached hydrogens (tertiary/aromatic N) is 1. The number of nitrogens with one attached hydrogen (secondary N) is 2. The zero-order valence-corrected chi connectivity index (χ0v) is 17.8. The molecule has 0 radical (unpaired) electrons. The average Bonchev–Trinajstić information content (AvgIpc) is 2.77. The van der Waals surface area contributed by atoms with Crippen LogP contribution in [0.1, 0.15) is 17.2 Å². The monoisotopic (exact) mass is 442 g/mol. The number of carboxylic acids is 1. The summed E-state index contributed by atoms with van der Waals surface area (Å²) in [7, 11) is 3.02. The van der Waals surface area contributed by atoms with E-state index < -0.39 is 12.0 Å². The van der Waals surface area contributed by atoms with Gasteiger partial charge in [0.25, 0.3) is 0 Å². The second kappa shape index (κ2) is 10.3. The molecule has 0 bridgehead atoms. The molecule has 5 N–H and O–H groups in total. The van der Waals surface area contributed by atoms with Crippen LogP contribution >= 0.6 is 12.4 Å². The molecule has 1 heterocycles. The van der Waals surface area contributed by atoms with Gasteiger partial charge in [0.1, 0.15) is 5.84 Å². The predicted octanol–water partition coefficient (Wildman–Crippen LogP) is 3.71. The number of pyridine rings is 1. The normalized spacial score (nSPS) is 11.0. The number of carboxylic acid groups (broad SMARTS) is 1. The molecule has 0 amide bonds. The van der Waals surface area contributed by atoms with Crippen molar-refractivity contribution in [3.8, 4) is 22.6 Å². The number of halogens is 1. The maximum atomic E-state index is 12.2. The van der Waals surface area contributed by atoms with Crippen LogP contribution in [0.3, 0.4) is 0 Å². The van der Waals surface area contributed by atoms with Crippen LogP contribution in [0.2, 0.25) is 0 Å². The molecule has 0 aliphatic carbocycles. The van der Waals surface area contributed by atoms with Crippen LogP contribution in [0.5, 0.6) is 11.5 Å². The number of hydrogen-bond acceptors (Lipinski definition) is 6. The van der Waals surface area contributed by atoms with Crippen LogP contribution in [0.15, 0.2) is 60.9 Å². The van der Waals surface area contributed by atoms with E-state index in [9.17, 15) is 9.90 Å². The third-order valence-corrected chi connectivity index (χ3v) is 4.59. The number of rotatable bonds is 8. The maximum Gasteiger partial charge on any atom is 0.330 e. The minimum absolute atomic E-state index is 0. The zero-order chi connectivity index (χ0) is 21.7. The Labute approximate surface area is 186 Å². The Hall–Kier alpha value is -3.78. The molecule has 0 fully saturated rings. The lowest BCUT2D eigenvalue weighted by Crippen LogP contribution is -2.21. The molecule has 0 aliphatic heterocycles. The van der Waals surface area contributed by atoms with Crippen molar-refractivity contribution in [1.82, 2.24) is 4.98 Å². The summed E-state index contributed by atoms with van der Waals surface area (Å²) in [6.45, 7) is 0. The van der Waals surface area contributed by atoms with Crippen molar-refractivity contribution in [2.24, 2.45) is 5.73 Å². The second-order valence-corrected chi connectivity index (χ2v) is 6.44. The molecule has 1 aromatic heterocycles. The summed E-state index contributed by atoms with van der Waals surface area (Å²) in [6, 6.07) is 12.6. The lowest BCUT2D eigenvalue weighted by Gasteiger charge is -2.22. The molecule has 0 saturated heterocycles. The van der Waals surface area contributed by atoms with Crippen LogP contribution in [-0.4, -0.2) is 36.1 Å². The average molecular weight is 443 g/mol. The number of nitrogens with two attached hydrogens (primary N) is 1. The van der Waals surface area contributed by atoms with E-state index in [4.69, 9.17) is 20.6 Å². The number of benzene rings is 2. The molecule has 3 aromatic rings. The molecule has 1 atom stereocenters. The minimum atomic E-state index is -1.08. The molecule has 2 aromatic carbocycles. The van der Waals surface area contributed by atoms with Gasteiger partial charge in [-0.1, -0.05) is 6.07 Å². The minimum Gasteiger partial charge on any atom is -0.493 e. The number of ether oxygens (including phenoxy) is 2. The molecule has 162 valence electrons. The van der Waals surface area contributed by atoms with Gasteiger partial charge in [-0.05, 0) is 53.6 Å². The molecule has 9 heteroatoms. The van der Waals surface area contributed by atoms with E-state index >= 15 is 0 Å². The van der Waals surface area contributed by atoms with Crippen LogP contribution < -0.4 is 20.5 Å². The van der Waals surface area contributed by atoms with Gasteiger partial charge in [0.2, 0.25) is 0 Å². The van der Waals surface area contributed by atoms with Gasteiger partial charge < -0.3 is 25.6 Å². The van der Waals surface area contributed by atoms with E-state index in [-0.39, 0.29) is 18.2 Å². The fraction of sp³-hybridized carbons (Fsp3) is 0.136. The van der Waals surface area contributed by atoms with Gasteiger partial charge in [-0.2, -0.15) is 0 Å². The Morgan fingerprint density at radius 3 is 2.29 bits per heavy atom. The Morgan fingerprint density at radius 2 is 1.77 bits per heavy atom. The van der Waals surface area contributed by atoms with E-state index in [1.165, 1.54) is 14.2 Å². The first-order valence-electron chi connectivity index (χ1n) is 9.04. The van der Waals surface area contributed by atoms with Gasteiger partial charge in [0, 0.05) is 29.2 Å². The summed E-state index contributed by atoms with van der Waals surface area (Å²) in [5, 5.41) is 20.5. The molecule has 1 unspecified atom stereocenters. The number of amidine groups is 1. The van der Waals surface area contributed by atoms with Crippen LogP contribution in [0.4, 0.5) is 5.69 Å². The van der Waals surface area contributed by atoms with Crippen LogP contribution in [0, 0.1) is 5.41 Å². The van der Waals surface area contributed by atoms with E-state index in [0.717, 1.165) is 5.56 Å². The van der Waals surface area contributed by atoms with Crippen LogP contribution in [-0.2, 0) is 4.79 Å². The Balaban J connectivity index is 0.00000341. The first-order chi connectivity index (χ1) is 14.4. The van der Waals surface area contributed by atoms with Crippen molar-refractivity contribution >= 4 is 29.9 Å². The number of carbonyl (C=O) groups is 1. The quantitative estimate of drug-likeness (QED) is 0.309. The zero-order valence-electron chi connectivity index (χ0n) is 17.0. The lowest BCUT2D eigenvalue weighted by atomic mass is 9.94. The first kappa shape index (κ1) is 23.5. The predicted molar refractivity (Wildman–Crippen MR) is 121 cm³/mol. The number of nitrogen functional groups attached to an aromatic ring is 1. The van der Waals surface area contributed by atoms with Gasteiger partial charge >= 0.3 is 5.97 Å². The van der Waals surface area contributed by atoms with E-state index in [0.29, 0.717) is 33.9 Å². The summed E-state index contributed by atoms with van der Waals surface area (Å²) in [5.74, 6) is -0.228. The van der Waals surface area contributed by atoms with Crippen molar-refractivity contribution in [2.75, 3.05) is 19.5 Å². The van der Waals surface area contributed by atoms with Crippen molar-refractivity contribution in [3.63, 3.8) is 0 Å². The second-order valence-electron chi connectivity index (χ2n) is 6.44. The van der Waals surface area contributed by atoms with Gasteiger partial charge in [-0.25, -0.2) is 4.79 Å². The fourth-order valence-corrected chi connectivity index (χ4v) is 3.09. The lowest BCUT2D eigenvalue weighted by molar-refractivity contribution is -0.138. The molecule has 8 nitrogen and oxygen atoms in total.